The van der Waals surface area contributed by atoms with Crippen LogP contribution >= 0.6 is 0 Å². The molecule has 0 saturated carbocycles. The maximum Gasteiger partial charge on any atom is 0.281 e. The molecular formula is C30H37N5O3S. The lowest BCUT2D eigenvalue weighted by Gasteiger charge is -2.36. The largest absolute Gasteiger partial charge is 0.357 e. The van der Waals surface area contributed by atoms with Crippen molar-refractivity contribution in [1.82, 2.24) is 14.7 Å². The Hall–Kier alpha value is -3.46. The average Bonchev–Trinajstić information content (AvgIpc) is 3.21. The number of nitrogens with zero attached hydrogens (tertiary/aromatic N) is 4. The van der Waals surface area contributed by atoms with Crippen molar-refractivity contribution in [3.8, 4) is 0 Å². The summed E-state index contributed by atoms with van der Waals surface area (Å²) in [6, 6.07) is 18.7. The predicted octanol–water partition coefficient (Wildman–Crippen LogP) is 4.68. The van der Waals surface area contributed by atoms with Crippen molar-refractivity contribution in [2.45, 2.75) is 57.0 Å². The van der Waals surface area contributed by atoms with Gasteiger partial charge in [-0.2, -0.15) is 8.42 Å². The van der Waals surface area contributed by atoms with Crippen LogP contribution in [0.2, 0.25) is 0 Å². The molecule has 0 spiro atoms. The van der Waals surface area contributed by atoms with Crippen molar-refractivity contribution in [3.63, 3.8) is 0 Å². The number of anilines is 2. The van der Waals surface area contributed by atoms with Gasteiger partial charge in [-0.05, 0) is 81.2 Å². The summed E-state index contributed by atoms with van der Waals surface area (Å²) in [5, 5.41) is -0.166. The van der Waals surface area contributed by atoms with Crippen molar-refractivity contribution >= 4 is 27.6 Å². The smallest absolute Gasteiger partial charge is 0.281 e. The van der Waals surface area contributed by atoms with Gasteiger partial charge in [-0.25, -0.2) is 14.7 Å². The van der Waals surface area contributed by atoms with Gasteiger partial charge in [-0.15, -0.1) is 0 Å². The molecule has 9 heteroatoms. The maximum absolute atomic E-state index is 13.3. The minimum atomic E-state index is -4.18. The number of pyridine rings is 2. The molecule has 5 rings (SSSR count). The molecule has 2 aliphatic rings. The number of amides is 1. The molecule has 1 unspecified atom stereocenters. The van der Waals surface area contributed by atoms with Crippen LogP contribution in [0.3, 0.4) is 0 Å². The maximum atomic E-state index is 13.3. The van der Waals surface area contributed by atoms with E-state index in [9.17, 15) is 13.2 Å². The zero-order valence-electron chi connectivity index (χ0n) is 22.9. The molecular weight excluding hydrogens is 510 g/mol. The van der Waals surface area contributed by atoms with Crippen molar-refractivity contribution in [2.75, 3.05) is 29.4 Å². The van der Waals surface area contributed by atoms with E-state index in [0.29, 0.717) is 23.5 Å². The van der Waals surface area contributed by atoms with Crippen LogP contribution in [0.5, 0.6) is 0 Å². The van der Waals surface area contributed by atoms with Gasteiger partial charge < -0.3 is 9.80 Å². The first-order chi connectivity index (χ1) is 18.6. The SMILES string of the molecule is CC1CCN(c2ncccc2C(=O)NS(=O)(=O)c2cccc(N3CCC(Cc4ccccc4)CC3)n2)C1(C)C. The van der Waals surface area contributed by atoms with Gasteiger partial charge in [0.2, 0.25) is 0 Å². The first-order valence-corrected chi connectivity index (χ1v) is 15.2. The van der Waals surface area contributed by atoms with Gasteiger partial charge >= 0.3 is 0 Å². The number of rotatable bonds is 7. The summed E-state index contributed by atoms with van der Waals surface area (Å²) in [4.78, 5) is 26.4. The first-order valence-electron chi connectivity index (χ1n) is 13.7. The summed E-state index contributed by atoms with van der Waals surface area (Å²) in [7, 11) is -4.18. The Kier molecular flexibility index (Phi) is 7.62. The number of hydrogen-bond donors (Lipinski definition) is 1. The number of aromatic nitrogens is 2. The van der Waals surface area contributed by atoms with E-state index in [1.807, 2.05) is 12.1 Å². The zero-order valence-corrected chi connectivity index (χ0v) is 23.7. The molecule has 1 aromatic carbocycles. The first kappa shape index (κ1) is 27.1. The summed E-state index contributed by atoms with van der Waals surface area (Å²) < 4.78 is 28.8. The highest BCUT2D eigenvalue weighted by molar-refractivity contribution is 7.90. The van der Waals surface area contributed by atoms with Crippen LogP contribution in [0.1, 0.15) is 56.0 Å². The normalized spacial score (nSPS) is 19.7. The fourth-order valence-corrected chi connectivity index (χ4v) is 6.60. The monoisotopic (exact) mass is 547 g/mol. The molecule has 3 aromatic rings. The standard InChI is InChI=1S/C30H37N5O3S/c1-22-14-20-35(30(22,2)3)28-25(11-8-17-31-28)29(36)33-39(37,38)27-13-7-12-26(32-27)34-18-15-24(16-19-34)21-23-9-5-4-6-10-23/h4-13,17,22,24H,14-16,18-21H2,1-3H3,(H,33,36). The van der Waals surface area contributed by atoms with Crippen molar-refractivity contribution in [3.05, 3.63) is 78.0 Å². The van der Waals surface area contributed by atoms with Crippen molar-refractivity contribution in [1.29, 1.82) is 0 Å². The molecule has 2 aliphatic heterocycles. The van der Waals surface area contributed by atoms with Gasteiger partial charge in [0.15, 0.2) is 5.03 Å². The molecule has 4 heterocycles. The summed E-state index contributed by atoms with van der Waals surface area (Å²) in [5.41, 5.74) is 1.38. The highest BCUT2D eigenvalue weighted by atomic mass is 32.2. The van der Waals surface area contributed by atoms with Crippen LogP contribution in [0.25, 0.3) is 0 Å². The number of benzene rings is 1. The Bertz CT molecular complexity index is 1420. The Morgan fingerprint density at radius 2 is 1.72 bits per heavy atom. The Labute approximate surface area is 231 Å². The van der Waals surface area contributed by atoms with E-state index >= 15 is 0 Å². The molecule has 2 fully saturated rings. The Morgan fingerprint density at radius 1 is 0.974 bits per heavy atom. The quantitative estimate of drug-likeness (QED) is 0.459. The summed E-state index contributed by atoms with van der Waals surface area (Å²) >= 11 is 0. The number of carbonyl (C=O) groups excluding carboxylic acids is 1. The average molecular weight is 548 g/mol. The highest BCUT2D eigenvalue weighted by Crippen LogP contribution is 2.38. The topological polar surface area (TPSA) is 95.5 Å². The lowest BCUT2D eigenvalue weighted by Crippen LogP contribution is -2.43. The van der Waals surface area contributed by atoms with Gasteiger partial charge in [0.1, 0.15) is 11.6 Å². The molecule has 0 aliphatic carbocycles. The van der Waals surface area contributed by atoms with E-state index in [1.165, 1.54) is 11.6 Å². The minimum absolute atomic E-state index is 0.166. The van der Waals surface area contributed by atoms with Gasteiger partial charge in [0.25, 0.3) is 15.9 Å². The van der Waals surface area contributed by atoms with E-state index in [4.69, 9.17) is 0 Å². The molecule has 39 heavy (non-hydrogen) atoms. The Balaban J connectivity index is 1.28. The molecule has 8 nitrogen and oxygen atoms in total. The van der Waals surface area contributed by atoms with Crippen LogP contribution in [-0.4, -0.2) is 49.5 Å². The van der Waals surface area contributed by atoms with E-state index in [-0.39, 0.29) is 16.1 Å². The van der Waals surface area contributed by atoms with Crippen molar-refractivity contribution in [2.24, 2.45) is 11.8 Å². The van der Waals surface area contributed by atoms with E-state index in [0.717, 1.165) is 45.3 Å². The van der Waals surface area contributed by atoms with Crippen molar-refractivity contribution < 1.29 is 13.2 Å². The lowest BCUT2D eigenvalue weighted by atomic mass is 9.90. The lowest BCUT2D eigenvalue weighted by molar-refractivity contribution is 0.0981. The second-order valence-electron chi connectivity index (χ2n) is 11.3. The molecule has 0 radical (unpaired) electrons. The van der Waals surface area contributed by atoms with Gasteiger partial charge in [-0.1, -0.05) is 43.3 Å². The van der Waals surface area contributed by atoms with Crippen LogP contribution in [-0.2, 0) is 16.4 Å². The summed E-state index contributed by atoms with van der Waals surface area (Å²) in [6.45, 7) is 8.80. The molecule has 1 amide bonds. The fraction of sp³-hybridized carbons (Fsp3) is 0.433. The molecule has 2 saturated heterocycles. The fourth-order valence-electron chi connectivity index (χ4n) is 5.67. The number of carbonyl (C=O) groups is 1. The summed E-state index contributed by atoms with van der Waals surface area (Å²) in [5.74, 6) is 1.40. The van der Waals surface area contributed by atoms with Gasteiger partial charge in [-0.3, -0.25) is 4.79 Å². The van der Waals surface area contributed by atoms with Gasteiger partial charge in [0, 0.05) is 31.4 Å². The molecule has 1 N–H and O–H groups in total. The molecule has 206 valence electrons. The highest BCUT2D eigenvalue weighted by Gasteiger charge is 2.40. The van der Waals surface area contributed by atoms with Crippen LogP contribution in [0.15, 0.2) is 71.9 Å². The number of nitrogens with one attached hydrogen (secondary N) is 1. The number of sulfonamides is 1. The number of piperidine rings is 1. The molecule has 2 aromatic heterocycles. The minimum Gasteiger partial charge on any atom is -0.357 e. The van der Waals surface area contributed by atoms with Crippen LogP contribution in [0, 0.1) is 11.8 Å². The van der Waals surface area contributed by atoms with E-state index in [1.54, 1.807) is 24.4 Å². The summed E-state index contributed by atoms with van der Waals surface area (Å²) in [6.07, 6.45) is 5.68. The van der Waals surface area contributed by atoms with E-state index in [2.05, 4.69) is 69.5 Å². The third kappa shape index (κ3) is 5.78. The molecule has 0 bridgehead atoms. The van der Waals surface area contributed by atoms with E-state index < -0.39 is 15.9 Å². The molecule has 1 atom stereocenters. The zero-order chi connectivity index (χ0) is 27.6. The van der Waals surface area contributed by atoms with Crippen LogP contribution in [0.4, 0.5) is 11.6 Å². The second kappa shape index (κ2) is 11.0. The Morgan fingerprint density at radius 3 is 2.41 bits per heavy atom. The predicted molar refractivity (Wildman–Crippen MR) is 153 cm³/mol. The second-order valence-corrected chi connectivity index (χ2v) is 12.9. The number of hydrogen-bond acceptors (Lipinski definition) is 7. The third-order valence-electron chi connectivity index (χ3n) is 8.49. The third-order valence-corrected chi connectivity index (χ3v) is 9.72. The van der Waals surface area contributed by atoms with Gasteiger partial charge in [0.05, 0.1) is 5.56 Å². The van der Waals surface area contributed by atoms with Crippen LogP contribution < -0.4 is 14.5 Å².